The number of ether oxygens (including phenoxy) is 2. The summed E-state index contributed by atoms with van der Waals surface area (Å²) in [4.78, 5) is 0. The van der Waals surface area contributed by atoms with Crippen LogP contribution >= 0.6 is 11.6 Å². The molecule has 4 nitrogen and oxygen atoms in total. The molecule has 15 heavy (non-hydrogen) atoms. The molecule has 1 aromatic carbocycles. The fourth-order valence-corrected chi connectivity index (χ4v) is 1.26. The van der Waals surface area contributed by atoms with Crippen LogP contribution in [0.5, 0.6) is 5.75 Å². The third-order valence-corrected chi connectivity index (χ3v) is 2.01. The van der Waals surface area contributed by atoms with E-state index in [-0.39, 0.29) is 17.6 Å². The molecule has 0 atom stereocenters. The van der Waals surface area contributed by atoms with Crippen molar-refractivity contribution in [2.75, 3.05) is 13.9 Å². The number of hydrogen-bond donors (Lipinski definition) is 2. The molecular formula is C8H9BClFO4. The fraction of sp³-hybridized carbons (Fsp3) is 0.250. The van der Waals surface area contributed by atoms with Crippen molar-refractivity contribution in [3.63, 3.8) is 0 Å². The summed E-state index contributed by atoms with van der Waals surface area (Å²) in [7, 11) is -0.598. The van der Waals surface area contributed by atoms with E-state index in [1.54, 1.807) is 0 Å². The van der Waals surface area contributed by atoms with Crippen LogP contribution in [0.4, 0.5) is 4.39 Å². The molecule has 0 unspecified atom stereocenters. The molecule has 0 saturated carbocycles. The largest absolute Gasteiger partial charge is 0.493 e. The molecule has 0 bridgehead atoms. The highest BCUT2D eigenvalue weighted by molar-refractivity contribution is 6.62. The molecule has 0 amide bonds. The van der Waals surface area contributed by atoms with E-state index in [0.717, 1.165) is 0 Å². The zero-order valence-corrected chi connectivity index (χ0v) is 8.66. The van der Waals surface area contributed by atoms with Crippen molar-refractivity contribution in [2.24, 2.45) is 0 Å². The van der Waals surface area contributed by atoms with Gasteiger partial charge in [0.1, 0.15) is 0 Å². The topological polar surface area (TPSA) is 58.9 Å². The van der Waals surface area contributed by atoms with Crippen LogP contribution < -0.4 is 10.2 Å². The predicted molar refractivity (Wildman–Crippen MR) is 53.7 cm³/mol. The molecule has 0 radical (unpaired) electrons. The first-order chi connectivity index (χ1) is 7.07. The van der Waals surface area contributed by atoms with E-state index < -0.39 is 18.4 Å². The highest BCUT2D eigenvalue weighted by atomic mass is 35.5. The van der Waals surface area contributed by atoms with E-state index in [2.05, 4.69) is 4.74 Å². The summed E-state index contributed by atoms with van der Waals surface area (Å²) in [6.07, 6.45) is 0. The Morgan fingerprint density at radius 1 is 1.47 bits per heavy atom. The third-order valence-electron chi connectivity index (χ3n) is 1.68. The summed E-state index contributed by atoms with van der Waals surface area (Å²) in [5.41, 5.74) is -0.412. The Kier molecular flexibility index (Phi) is 4.35. The number of rotatable bonds is 4. The third kappa shape index (κ3) is 2.82. The smallest absolute Gasteiger partial charge is 0.465 e. The van der Waals surface area contributed by atoms with E-state index >= 15 is 0 Å². The van der Waals surface area contributed by atoms with Gasteiger partial charge >= 0.3 is 7.12 Å². The standard InChI is InChI=1S/C8H9BClFO4/c1-14-4-15-6-3-2-5(10)7(8(6)11)9(12)13/h2-3,12-13H,4H2,1H3. The maximum Gasteiger partial charge on any atom is 0.493 e. The van der Waals surface area contributed by atoms with Gasteiger partial charge in [-0.1, -0.05) is 11.6 Å². The maximum atomic E-state index is 13.5. The summed E-state index contributed by atoms with van der Waals surface area (Å²) in [6, 6.07) is 2.59. The van der Waals surface area contributed by atoms with Crippen LogP contribution in [-0.2, 0) is 4.74 Å². The van der Waals surface area contributed by atoms with Gasteiger partial charge in [-0.2, -0.15) is 0 Å². The highest BCUT2D eigenvalue weighted by Crippen LogP contribution is 2.19. The van der Waals surface area contributed by atoms with Crippen LogP contribution in [0, 0.1) is 5.82 Å². The highest BCUT2D eigenvalue weighted by Gasteiger charge is 2.23. The first kappa shape index (κ1) is 12.3. The Morgan fingerprint density at radius 2 is 2.13 bits per heavy atom. The van der Waals surface area contributed by atoms with E-state index in [1.807, 2.05) is 0 Å². The average molecular weight is 234 g/mol. The van der Waals surface area contributed by atoms with Crippen LogP contribution in [0.2, 0.25) is 5.02 Å². The van der Waals surface area contributed by atoms with Gasteiger partial charge in [-0.25, -0.2) is 4.39 Å². The number of hydrogen-bond acceptors (Lipinski definition) is 4. The van der Waals surface area contributed by atoms with E-state index in [9.17, 15) is 4.39 Å². The molecule has 82 valence electrons. The van der Waals surface area contributed by atoms with Crippen LogP contribution in [0.1, 0.15) is 0 Å². The fourth-order valence-electron chi connectivity index (χ4n) is 1.02. The van der Waals surface area contributed by atoms with Crippen molar-refractivity contribution in [3.8, 4) is 5.75 Å². The molecule has 0 aliphatic heterocycles. The minimum atomic E-state index is -1.98. The van der Waals surface area contributed by atoms with Crippen molar-refractivity contribution in [3.05, 3.63) is 23.0 Å². The zero-order valence-electron chi connectivity index (χ0n) is 7.91. The molecule has 0 aliphatic rings. The second-order valence-electron chi connectivity index (χ2n) is 2.70. The van der Waals surface area contributed by atoms with Crippen molar-refractivity contribution >= 4 is 24.2 Å². The van der Waals surface area contributed by atoms with Crippen LogP contribution in [0.25, 0.3) is 0 Å². The Morgan fingerprint density at radius 3 is 2.67 bits per heavy atom. The first-order valence-corrected chi connectivity index (χ1v) is 4.41. The van der Waals surface area contributed by atoms with Crippen LogP contribution in [0.3, 0.4) is 0 Å². The average Bonchev–Trinajstić information content (AvgIpc) is 2.16. The molecule has 0 heterocycles. The Labute approximate surface area is 91.3 Å². The Hall–Kier alpha value is -0.815. The molecule has 0 saturated heterocycles. The Bertz CT molecular complexity index is 348. The monoisotopic (exact) mass is 234 g/mol. The van der Waals surface area contributed by atoms with Gasteiger partial charge in [0.25, 0.3) is 0 Å². The summed E-state index contributed by atoms with van der Waals surface area (Å²) in [5, 5.41) is 17.7. The van der Waals surface area contributed by atoms with Crippen molar-refractivity contribution in [1.82, 2.24) is 0 Å². The van der Waals surface area contributed by atoms with Gasteiger partial charge in [-0.15, -0.1) is 0 Å². The molecule has 7 heteroatoms. The zero-order chi connectivity index (χ0) is 11.4. The molecular weight excluding hydrogens is 225 g/mol. The molecule has 0 aliphatic carbocycles. The van der Waals surface area contributed by atoms with E-state index in [0.29, 0.717) is 0 Å². The van der Waals surface area contributed by atoms with Gasteiger partial charge < -0.3 is 19.5 Å². The summed E-state index contributed by atoms with van der Waals surface area (Å²) < 4.78 is 23.0. The quantitative estimate of drug-likeness (QED) is 0.575. The summed E-state index contributed by atoms with van der Waals surface area (Å²) in [6.45, 7) is -0.139. The SMILES string of the molecule is COCOc1ccc(Cl)c(B(O)O)c1F. The number of methoxy groups -OCH3 is 1. The van der Waals surface area contributed by atoms with Gasteiger partial charge in [-0.05, 0) is 12.1 Å². The lowest BCUT2D eigenvalue weighted by Gasteiger charge is -2.10. The first-order valence-electron chi connectivity index (χ1n) is 4.03. The van der Waals surface area contributed by atoms with Gasteiger partial charge in [0.15, 0.2) is 18.4 Å². The molecule has 0 spiro atoms. The van der Waals surface area contributed by atoms with Gasteiger partial charge in [0.2, 0.25) is 0 Å². The van der Waals surface area contributed by atoms with Crippen molar-refractivity contribution in [1.29, 1.82) is 0 Å². The minimum absolute atomic E-state index is 0.0766. The summed E-state index contributed by atoms with van der Waals surface area (Å²) >= 11 is 5.58. The second-order valence-corrected chi connectivity index (χ2v) is 3.10. The lowest BCUT2D eigenvalue weighted by atomic mass is 9.79. The normalized spacial score (nSPS) is 10.2. The van der Waals surface area contributed by atoms with E-state index in [1.165, 1.54) is 19.2 Å². The molecule has 2 N–H and O–H groups in total. The minimum Gasteiger partial charge on any atom is -0.465 e. The summed E-state index contributed by atoms with van der Waals surface area (Å²) in [5.74, 6) is -1.06. The van der Waals surface area contributed by atoms with Crippen LogP contribution in [-0.4, -0.2) is 31.1 Å². The van der Waals surface area contributed by atoms with Gasteiger partial charge in [-0.3, -0.25) is 0 Å². The van der Waals surface area contributed by atoms with Crippen LogP contribution in [0.15, 0.2) is 12.1 Å². The number of halogens is 2. The van der Waals surface area contributed by atoms with E-state index in [4.69, 9.17) is 26.4 Å². The molecule has 1 aromatic rings. The molecule has 0 aromatic heterocycles. The lowest BCUT2D eigenvalue weighted by Crippen LogP contribution is -2.34. The van der Waals surface area contributed by atoms with Gasteiger partial charge in [0, 0.05) is 17.6 Å². The second kappa shape index (κ2) is 5.32. The van der Waals surface area contributed by atoms with Crippen molar-refractivity contribution < 1.29 is 23.9 Å². The Balaban J connectivity index is 3.05. The lowest BCUT2D eigenvalue weighted by molar-refractivity contribution is 0.0484. The number of benzene rings is 1. The maximum absolute atomic E-state index is 13.5. The van der Waals surface area contributed by atoms with Gasteiger partial charge in [0.05, 0.1) is 0 Å². The molecule has 0 fully saturated rings. The molecule has 1 rings (SSSR count). The predicted octanol–water partition coefficient (Wildman–Crippen LogP) is 0.142. The van der Waals surface area contributed by atoms with Crippen molar-refractivity contribution in [2.45, 2.75) is 0 Å².